The number of nitrogens with zero attached hydrogens (tertiary/aromatic N) is 2. The lowest BCUT2D eigenvalue weighted by atomic mass is 9.92. The van der Waals surface area contributed by atoms with Gasteiger partial charge in [-0.3, -0.25) is 18.7 Å². The summed E-state index contributed by atoms with van der Waals surface area (Å²) in [5.41, 5.74) is 1.08. The van der Waals surface area contributed by atoms with E-state index in [2.05, 4.69) is 10.6 Å². The molecular formula is C30H52N4O5S. The van der Waals surface area contributed by atoms with Crippen LogP contribution in [0, 0.1) is 17.8 Å². The quantitative estimate of drug-likeness (QED) is 0.258. The minimum Gasteiger partial charge on any atom is -0.391 e. The molecule has 0 fully saturated rings. The maximum absolute atomic E-state index is 13.6. The van der Waals surface area contributed by atoms with E-state index in [0.29, 0.717) is 43.2 Å². The maximum atomic E-state index is 13.6. The minimum absolute atomic E-state index is 0.127. The first kappa shape index (κ1) is 35.6. The van der Waals surface area contributed by atoms with Gasteiger partial charge in [-0.05, 0) is 55.7 Å². The molecule has 3 amide bonds. The monoisotopic (exact) mass is 580 g/mol. The van der Waals surface area contributed by atoms with Crippen molar-refractivity contribution in [1.82, 2.24) is 15.5 Å². The summed E-state index contributed by atoms with van der Waals surface area (Å²) in [5.74, 6) is -0.678. The molecule has 0 aliphatic carbocycles. The highest BCUT2D eigenvalue weighted by molar-refractivity contribution is 7.85. The van der Waals surface area contributed by atoms with Gasteiger partial charge in [-0.1, -0.05) is 48.5 Å². The Kier molecular flexibility index (Phi) is 15.4. The van der Waals surface area contributed by atoms with Crippen molar-refractivity contribution in [3.05, 3.63) is 29.3 Å². The molecule has 4 atom stereocenters. The van der Waals surface area contributed by atoms with Crippen molar-refractivity contribution in [2.45, 2.75) is 86.3 Å². The van der Waals surface area contributed by atoms with Crippen LogP contribution in [-0.4, -0.2) is 77.0 Å². The van der Waals surface area contributed by atoms with Crippen LogP contribution in [0.15, 0.2) is 18.2 Å². The van der Waals surface area contributed by atoms with Crippen LogP contribution in [-0.2, 0) is 15.8 Å². The second-order valence-electron chi connectivity index (χ2n) is 11.5. The van der Waals surface area contributed by atoms with Crippen LogP contribution in [0.4, 0.5) is 5.69 Å². The zero-order valence-electron chi connectivity index (χ0n) is 26.0. The van der Waals surface area contributed by atoms with Crippen LogP contribution >= 0.6 is 0 Å². The van der Waals surface area contributed by atoms with Crippen LogP contribution < -0.4 is 14.9 Å². The summed E-state index contributed by atoms with van der Waals surface area (Å²) in [5, 5.41) is 17.0. The number of anilines is 1. The predicted molar refractivity (Wildman–Crippen MR) is 164 cm³/mol. The van der Waals surface area contributed by atoms with Gasteiger partial charge in [0.05, 0.1) is 17.8 Å². The molecule has 10 heteroatoms. The molecule has 0 spiro atoms. The fourth-order valence-electron chi connectivity index (χ4n) is 4.42. The molecule has 2 unspecified atom stereocenters. The summed E-state index contributed by atoms with van der Waals surface area (Å²) in [6.07, 6.45) is 2.92. The number of benzene rings is 1. The zero-order valence-corrected chi connectivity index (χ0v) is 26.8. The largest absolute Gasteiger partial charge is 0.391 e. The highest BCUT2D eigenvalue weighted by atomic mass is 32.2. The Labute approximate surface area is 244 Å². The second kappa shape index (κ2) is 17.4. The van der Waals surface area contributed by atoms with Crippen LogP contribution in [0.2, 0.25) is 0 Å². The van der Waals surface area contributed by atoms with E-state index in [1.807, 2.05) is 41.5 Å². The summed E-state index contributed by atoms with van der Waals surface area (Å²) in [4.78, 5) is 41.2. The second-order valence-corrected chi connectivity index (χ2v) is 12.9. The zero-order chi connectivity index (χ0) is 30.6. The van der Waals surface area contributed by atoms with Gasteiger partial charge in [0, 0.05) is 50.0 Å². The van der Waals surface area contributed by atoms with E-state index in [1.165, 1.54) is 10.6 Å². The van der Waals surface area contributed by atoms with Crippen molar-refractivity contribution in [3.63, 3.8) is 0 Å². The maximum Gasteiger partial charge on any atom is 0.253 e. The Balaban J connectivity index is 3.30. The van der Waals surface area contributed by atoms with Crippen LogP contribution in [0.1, 0.15) is 94.9 Å². The van der Waals surface area contributed by atoms with E-state index in [0.717, 1.165) is 12.8 Å². The Morgan fingerprint density at radius 2 is 1.50 bits per heavy atom. The van der Waals surface area contributed by atoms with Gasteiger partial charge in [-0.25, -0.2) is 4.21 Å². The molecule has 0 saturated carbocycles. The number of carbonyl (C=O) groups excluding carboxylic acids is 3. The Hall–Kier alpha value is -2.46. The number of hydrogen-bond donors (Lipinski definition) is 3. The third-order valence-corrected chi connectivity index (χ3v) is 7.67. The normalized spacial score (nSPS) is 14.4. The average Bonchev–Trinajstić information content (AvgIpc) is 2.89. The molecule has 0 saturated heterocycles. The molecule has 1 aromatic carbocycles. The van der Waals surface area contributed by atoms with Gasteiger partial charge in [0.1, 0.15) is 11.0 Å². The lowest BCUT2D eigenvalue weighted by Crippen LogP contribution is -2.46. The van der Waals surface area contributed by atoms with E-state index >= 15 is 0 Å². The molecule has 1 aromatic rings. The molecule has 0 radical (unpaired) electrons. The summed E-state index contributed by atoms with van der Waals surface area (Å²) in [7, 11) is 0.282. The van der Waals surface area contributed by atoms with Gasteiger partial charge in [0.15, 0.2) is 0 Å². The van der Waals surface area contributed by atoms with Gasteiger partial charge >= 0.3 is 0 Å². The van der Waals surface area contributed by atoms with Crippen molar-refractivity contribution >= 4 is 34.4 Å². The van der Waals surface area contributed by atoms with Crippen LogP contribution in [0.3, 0.4) is 0 Å². The third kappa shape index (κ3) is 11.6. The van der Waals surface area contributed by atoms with Gasteiger partial charge in [0.2, 0.25) is 5.91 Å². The SMILES string of the molecule is CCCN(CCC)C(=O)c1cc(C(=O)N[C@@H](CC(C)C)C(O)C[C@@H](C)C(=O)NCC(C)C)cc(N(C)S(C)=O)c1. The Morgan fingerprint density at radius 3 is 2.00 bits per heavy atom. The van der Waals surface area contributed by atoms with E-state index in [9.17, 15) is 23.7 Å². The van der Waals surface area contributed by atoms with Crippen molar-refractivity contribution in [2.75, 3.05) is 37.2 Å². The van der Waals surface area contributed by atoms with Crippen LogP contribution in [0.25, 0.3) is 0 Å². The van der Waals surface area contributed by atoms with Gasteiger partial charge in [0.25, 0.3) is 11.8 Å². The van der Waals surface area contributed by atoms with E-state index in [4.69, 9.17) is 0 Å². The molecule has 3 N–H and O–H groups in total. The van der Waals surface area contributed by atoms with Crippen molar-refractivity contribution < 1.29 is 23.7 Å². The topological polar surface area (TPSA) is 119 Å². The van der Waals surface area contributed by atoms with Crippen LogP contribution in [0.5, 0.6) is 0 Å². The molecule has 1 rings (SSSR count). The molecule has 40 heavy (non-hydrogen) atoms. The lowest BCUT2D eigenvalue weighted by molar-refractivity contribution is -0.125. The van der Waals surface area contributed by atoms with Crippen molar-refractivity contribution in [3.8, 4) is 0 Å². The molecule has 228 valence electrons. The summed E-state index contributed by atoms with van der Waals surface area (Å²) in [6.45, 7) is 15.6. The molecule has 0 heterocycles. The number of hydrogen-bond acceptors (Lipinski definition) is 5. The molecule has 9 nitrogen and oxygen atoms in total. The van der Waals surface area contributed by atoms with E-state index < -0.39 is 35.0 Å². The summed E-state index contributed by atoms with van der Waals surface area (Å²) in [6, 6.07) is 4.24. The van der Waals surface area contributed by atoms with E-state index in [-0.39, 0.29) is 29.7 Å². The number of carbonyl (C=O) groups is 3. The van der Waals surface area contributed by atoms with Gasteiger partial charge < -0.3 is 20.6 Å². The average molecular weight is 581 g/mol. The number of rotatable bonds is 17. The molecule has 0 aliphatic heterocycles. The Bertz CT molecular complexity index is 994. The van der Waals surface area contributed by atoms with Crippen molar-refractivity contribution in [1.29, 1.82) is 0 Å². The highest BCUT2D eigenvalue weighted by Gasteiger charge is 2.28. The first-order valence-corrected chi connectivity index (χ1v) is 16.0. The first-order valence-electron chi connectivity index (χ1n) is 14.5. The molecule has 0 aliphatic rings. The summed E-state index contributed by atoms with van der Waals surface area (Å²) >= 11 is 0. The Morgan fingerprint density at radius 1 is 0.925 bits per heavy atom. The van der Waals surface area contributed by atoms with Gasteiger partial charge in [-0.2, -0.15) is 0 Å². The third-order valence-electron chi connectivity index (χ3n) is 6.68. The number of nitrogens with one attached hydrogen (secondary N) is 2. The number of aliphatic hydroxyl groups excluding tert-OH is 1. The molecule has 0 bridgehead atoms. The minimum atomic E-state index is -1.37. The van der Waals surface area contributed by atoms with Crippen molar-refractivity contribution in [2.24, 2.45) is 17.8 Å². The fourth-order valence-corrected chi connectivity index (χ4v) is 4.82. The fraction of sp³-hybridized carbons (Fsp3) is 0.700. The predicted octanol–water partition coefficient (Wildman–Crippen LogP) is 3.98. The smallest absolute Gasteiger partial charge is 0.253 e. The first-order chi connectivity index (χ1) is 18.7. The molecule has 0 aromatic heterocycles. The summed E-state index contributed by atoms with van der Waals surface area (Å²) < 4.78 is 13.8. The molecular weight excluding hydrogens is 528 g/mol. The van der Waals surface area contributed by atoms with E-state index in [1.54, 1.807) is 37.1 Å². The number of amides is 3. The number of aliphatic hydroxyl groups is 1. The lowest BCUT2D eigenvalue weighted by Gasteiger charge is -2.28. The standard InChI is InChI=1S/C30H52N4O5S/c1-10-12-34(13-11-2)30(38)24-16-23(17-25(18-24)33(8)40(9)39)29(37)32-26(14-20(3)4)27(35)15-22(7)28(36)31-19-21(5)6/h16-18,20-22,26-27,35H,10-15,19H2,1-9H3,(H,31,36)(H,32,37)/t22-,26+,27?,40?/m1/s1. The highest BCUT2D eigenvalue weighted by Crippen LogP contribution is 2.22. The van der Waals surface area contributed by atoms with Gasteiger partial charge in [-0.15, -0.1) is 0 Å².